The van der Waals surface area contributed by atoms with Gasteiger partial charge in [-0.3, -0.25) is 4.79 Å². The Hall–Kier alpha value is -3.37. The molecule has 1 aliphatic rings. The van der Waals surface area contributed by atoms with E-state index >= 15 is 0 Å². The molecular formula is C24H28N2O7S. The number of sulfonamides is 1. The Kier molecular flexibility index (Phi) is 8.30. The molecule has 1 N–H and O–H groups in total. The van der Waals surface area contributed by atoms with Gasteiger partial charge in [0.15, 0.2) is 17.6 Å². The van der Waals surface area contributed by atoms with E-state index in [1.165, 1.54) is 35.5 Å². The first-order valence-corrected chi connectivity index (χ1v) is 12.4. The summed E-state index contributed by atoms with van der Waals surface area (Å²) in [5.74, 6) is -0.0610. The second-order valence-electron chi connectivity index (χ2n) is 7.42. The molecule has 0 saturated carbocycles. The number of rotatable bonds is 9. The summed E-state index contributed by atoms with van der Waals surface area (Å²) in [6.07, 6.45) is 1.63. The van der Waals surface area contributed by atoms with E-state index in [1.807, 2.05) is 0 Å². The highest BCUT2D eigenvalue weighted by Crippen LogP contribution is 2.32. The number of esters is 1. The van der Waals surface area contributed by atoms with Crippen molar-refractivity contribution < 1.29 is 32.2 Å². The molecule has 0 saturated heterocycles. The molecule has 0 spiro atoms. The minimum atomic E-state index is -3.55. The van der Waals surface area contributed by atoms with Crippen LogP contribution >= 0.6 is 0 Å². The second-order valence-corrected chi connectivity index (χ2v) is 9.36. The molecular weight excluding hydrogens is 460 g/mol. The minimum Gasteiger partial charge on any atom is -0.486 e. The van der Waals surface area contributed by atoms with E-state index in [-0.39, 0.29) is 4.90 Å². The van der Waals surface area contributed by atoms with Gasteiger partial charge >= 0.3 is 5.97 Å². The third-order valence-electron chi connectivity index (χ3n) is 5.11. The lowest BCUT2D eigenvalue weighted by molar-refractivity contribution is -0.148. The molecule has 2 aromatic carbocycles. The van der Waals surface area contributed by atoms with E-state index < -0.39 is 28.0 Å². The van der Waals surface area contributed by atoms with Gasteiger partial charge in [-0.2, -0.15) is 4.31 Å². The van der Waals surface area contributed by atoms with Crippen molar-refractivity contribution in [2.45, 2.75) is 31.8 Å². The Morgan fingerprint density at radius 2 is 1.71 bits per heavy atom. The Morgan fingerprint density at radius 3 is 2.35 bits per heavy atom. The number of ether oxygens (including phenoxy) is 3. The van der Waals surface area contributed by atoms with Gasteiger partial charge in [0.2, 0.25) is 10.0 Å². The first-order valence-electron chi connectivity index (χ1n) is 10.9. The quantitative estimate of drug-likeness (QED) is 0.427. The van der Waals surface area contributed by atoms with Crippen molar-refractivity contribution in [3.63, 3.8) is 0 Å². The van der Waals surface area contributed by atoms with Crippen LogP contribution in [0.4, 0.5) is 5.69 Å². The lowest BCUT2D eigenvalue weighted by atomic mass is 10.2. The number of nitrogens with one attached hydrogen (secondary N) is 1. The molecule has 3 rings (SSSR count). The minimum absolute atomic E-state index is 0.181. The van der Waals surface area contributed by atoms with Crippen LogP contribution in [0.15, 0.2) is 53.4 Å². The van der Waals surface area contributed by atoms with Crippen LogP contribution in [-0.2, 0) is 24.3 Å². The van der Waals surface area contributed by atoms with Gasteiger partial charge in [-0.25, -0.2) is 13.2 Å². The van der Waals surface area contributed by atoms with Crippen molar-refractivity contribution >= 4 is 33.7 Å². The van der Waals surface area contributed by atoms with Crippen LogP contribution in [0.1, 0.15) is 26.3 Å². The van der Waals surface area contributed by atoms with Crippen molar-refractivity contribution in [2.24, 2.45) is 0 Å². The molecule has 2 aromatic rings. The van der Waals surface area contributed by atoms with Gasteiger partial charge in [0.05, 0.1) is 4.90 Å². The van der Waals surface area contributed by atoms with E-state index in [0.29, 0.717) is 49.1 Å². The molecule has 0 fully saturated rings. The molecule has 0 aromatic heterocycles. The number of nitrogens with zero attached hydrogens (tertiary/aromatic N) is 1. The number of hydrogen-bond acceptors (Lipinski definition) is 7. The summed E-state index contributed by atoms with van der Waals surface area (Å²) in [5, 5.41) is 2.67. The highest BCUT2D eigenvalue weighted by molar-refractivity contribution is 7.89. The van der Waals surface area contributed by atoms with Gasteiger partial charge in [0.25, 0.3) is 5.91 Å². The zero-order valence-electron chi connectivity index (χ0n) is 19.3. The van der Waals surface area contributed by atoms with Crippen molar-refractivity contribution in [1.82, 2.24) is 4.31 Å². The molecule has 1 unspecified atom stereocenters. The summed E-state index contributed by atoms with van der Waals surface area (Å²) >= 11 is 0. The van der Waals surface area contributed by atoms with Crippen LogP contribution in [0.2, 0.25) is 0 Å². The molecule has 1 aliphatic heterocycles. The number of fused-ring (bicyclic) bond motifs is 1. The summed E-state index contributed by atoms with van der Waals surface area (Å²) in [6, 6.07) is 11.2. The van der Waals surface area contributed by atoms with Gasteiger partial charge in [-0.15, -0.1) is 0 Å². The van der Waals surface area contributed by atoms with E-state index in [0.717, 1.165) is 0 Å². The van der Waals surface area contributed by atoms with Gasteiger partial charge < -0.3 is 19.5 Å². The zero-order valence-corrected chi connectivity index (χ0v) is 20.1. The Labute approximate surface area is 199 Å². The molecule has 0 radical (unpaired) electrons. The summed E-state index contributed by atoms with van der Waals surface area (Å²) in [6.45, 7) is 6.69. The highest BCUT2D eigenvalue weighted by Gasteiger charge is 2.21. The molecule has 10 heteroatoms. The lowest BCUT2D eigenvalue weighted by Gasteiger charge is -2.19. The summed E-state index contributed by atoms with van der Waals surface area (Å²) < 4.78 is 42.5. The first-order chi connectivity index (χ1) is 16.2. The van der Waals surface area contributed by atoms with Gasteiger partial charge in [0.1, 0.15) is 13.2 Å². The van der Waals surface area contributed by atoms with Crippen LogP contribution < -0.4 is 14.8 Å². The number of carbonyl (C=O) groups is 2. The Morgan fingerprint density at radius 1 is 1.06 bits per heavy atom. The molecule has 0 bridgehead atoms. The maximum Gasteiger partial charge on any atom is 0.331 e. The predicted octanol–water partition coefficient (Wildman–Crippen LogP) is 3.07. The number of anilines is 1. The van der Waals surface area contributed by atoms with E-state index in [4.69, 9.17) is 14.2 Å². The van der Waals surface area contributed by atoms with E-state index in [2.05, 4.69) is 5.32 Å². The fourth-order valence-electron chi connectivity index (χ4n) is 3.26. The Balaban J connectivity index is 1.55. The van der Waals surface area contributed by atoms with Crippen LogP contribution in [0.5, 0.6) is 11.5 Å². The fourth-order valence-corrected chi connectivity index (χ4v) is 4.72. The average molecular weight is 489 g/mol. The topological polar surface area (TPSA) is 111 Å². The Bertz CT molecular complexity index is 1160. The first kappa shape index (κ1) is 25.3. The third kappa shape index (κ3) is 6.15. The maximum absolute atomic E-state index is 12.5. The normalized spacial score (nSPS) is 14.1. The van der Waals surface area contributed by atoms with Crippen LogP contribution in [0, 0.1) is 0 Å². The molecule has 0 aliphatic carbocycles. The third-order valence-corrected chi connectivity index (χ3v) is 7.17. The fraction of sp³-hybridized carbons (Fsp3) is 0.333. The monoisotopic (exact) mass is 488 g/mol. The summed E-state index contributed by atoms with van der Waals surface area (Å²) in [4.78, 5) is 24.7. The van der Waals surface area contributed by atoms with Crippen LogP contribution in [0.25, 0.3) is 6.08 Å². The van der Waals surface area contributed by atoms with Gasteiger partial charge in [-0.1, -0.05) is 26.0 Å². The standard InChI is InChI=1S/C24H28N2O7S/c1-4-26(5-2)34(29,30)20-10-6-18(7-11-20)8-13-23(27)33-17(3)24(28)25-19-9-12-21-22(16-19)32-15-14-31-21/h6-13,16-17H,4-5,14-15H2,1-3H3,(H,25,28)/b13-8+. The highest BCUT2D eigenvalue weighted by atomic mass is 32.2. The number of amides is 1. The van der Waals surface area contributed by atoms with Crippen LogP contribution in [-0.4, -0.2) is 57.0 Å². The van der Waals surface area contributed by atoms with Gasteiger partial charge in [0, 0.05) is 30.9 Å². The SMILES string of the molecule is CCN(CC)S(=O)(=O)c1ccc(/C=C/C(=O)OC(C)C(=O)Nc2ccc3c(c2)OCCO3)cc1. The number of carbonyl (C=O) groups excluding carboxylic acids is 2. The molecule has 1 heterocycles. The average Bonchev–Trinajstić information content (AvgIpc) is 2.83. The molecule has 9 nitrogen and oxygen atoms in total. The van der Waals surface area contributed by atoms with E-state index in [1.54, 1.807) is 44.2 Å². The molecule has 1 amide bonds. The molecule has 1 atom stereocenters. The molecule has 182 valence electrons. The van der Waals surface area contributed by atoms with Crippen molar-refractivity contribution in [3.8, 4) is 11.5 Å². The largest absolute Gasteiger partial charge is 0.486 e. The molecule has 34 heavy (non-hydrogen) atoms. The second kappa shape index (κ2) is 11.2. The number of hydrogen-bond donors (Lipinski definition) is 1. The van der Waals surface area contributed by atoms with Crippen molar-refractivity contribution in [2.75, 3.05) is 31.6 Å². The smallest absolute Gasteiger partial charge is 0.331 e. The predicted molar refractivity (Wildman–Crippen MR) is 127 cm³/mol. The van der Waals surface area contributed by atoms with Crippen LogP contribution in [0.3, 0.4) is 0 Å². The zero-order chi connectivity index (χ0) is 24.7. The lowest BCUT2D eigenvalue weighted by Crippen LogP contribution is -2.30. The summed E-state index contributed by atoms with van der Waals surface area (Å²) in [7, 11) is -3.55. The summed E-state index contributed by atoms with van der Waals surface area (Å²) in [5.41, 5.74) is 1.11. The van der Waals surface area contributed by atoms with E-state index in [9.17, 15) is 18.0 Å². The maximum atomic E-state index is 12.5. The van der Waals surface area contributed by atoms with Crippen molar-refractivity contribution in [3.05, 3.63) is 54.1 Å². The number of benzene rings is 2. The van der Waals surface area contributed by atoms with Gasteiger partial charge in [-0.05, 0) is 42.8 Å². The van der Waals surface area contributed by atoms with Crippen molar-refractivity contribution in [1.29, 1.82) is 0 Å².